The van der Waals surface area contributed by atoms with E-state index in [1.165, 1.54) is 0 Å². The van der Waals surface area contributed by atoms with Gasteiger partial charge in [-0.1, -0.05) is 39.0 Å². The molecule has 3 rings (SSSR count). The molecular weight excluding hydrogens is 384 g/mol. The fourth-order valence-corrected chi connectivity index (χ4v) is 3.06. The number of carboxylic acids is 1. The van der Waals surface area contributed by atoms with E-state index >= 15 is 0 Å². The molecule has 0 aromatic heterocycles. The highest BCUT2D eigenvalue weighted by Gasteiger charge is 2.48. The van der Waals surface area contributed by atoms with Crippen LogP contribution in [0.2, 0.25) is 0 Å². The van der Waals surface area contributed by atoms with Crippen molar-refractivity contribution in [2.75, 3.05) is 6.79 Å². The number of carbonyl (C=O) groups is 1. The molecule has 0 spiro atoms. The predicted octanol–water partition coefficient (Wildman–Crippen LogP) is 0.752. The number of ether oxygens (including phenoxy) is 4. The molecule has 6 atom stereocenters. The Bertz CT molecular complexity index is 770. The van der Waals surface area contributed by atoms with Crippen LogP contribution < -0.4 is 9.47 Å². The molecular formula is C20H26O9. The van der Waals surface area contributed by atoms with E-state index in [4.69, 9.17) is 18.9 Å². The van der Waals surface area contributed by atoms with Crippen molar-refractivity contribution in [2.45, 2.75) is 57.6 Å². The van der Waals surface area contributed by atoms with Gasteiger partial charge in [-0.15, -0.1) is 0 Å². The largest absolute Gasteiger partial charge is 0.479 e. The molecule has 1 saturated heterocycles. The van der Waals surface area contributed by atoms with Crippen molar-refractivity contribution in [3.8, 4) is 11.5 Å². The third-order valence-electron chi connectivity index (χ3n) is 4.81. The molecule has 0 saturated carbocycles. The zero-order chi connectivity index (χ0) is 21.3. The first-order chi connectivity index (χ1) is 13.6. The number of hydrogen-bond donors (Lipinski definition) is 4. The number of aliphatic carboxylic acids is 1. The highest BCUT2D eigenvalue weighted by molar-refractivity contribution is 5.73. The van der Waals surface area contributed by atoms with Gasteiger partial charge in [-0.2, -0.15) is 0 Å². The van der Waals surface area contributed by atoms with Crippen LogP contribution in [0.25, 0.3) is 6.08 Å². The van der Waals surface area contributed by atoms with Crippen molar-refractivity contribution >= 4 is 12.0 Å². The van der Waals surface area contributed by atoms with Crippen LogP contribution >= 0.6 is 0 Å². The van der Waals surface area contributed by atoms with Crippen LogP contribution in [0.4, 0.5) is 0 Å². The van der Waals surface area contributed by atoms with Gasteiger partial charge in [0.05, 0.1) is 6.10 Å². The summed E-state index contributed by atoms with van der Waals surface area (Å²) in [7, 11) is 0. The molecule has 0 aliphatic carbocycles. The lowest BCUT2D eigenvalue weighted by Gasteiger charge is -2.41. The van der Waals surface area contributed by atoms with Crippen LogP contribution in [0.5, 0.6) is 11.5 Å². The van der Waals surface area contributed by atoms with Crippen molar-refractivity contribution < 1.29 is 44.2 Å². The Morgan fingerprint density at radius 2 is 1.83 bits per heavy atom. The molecule has 2 heterocycles. The smallest absolute Gasteiger partial charge is 0.335 e. The second-order valence-electron chi connectivity index (χ2n) is 8.13. The van der Waals surface area contributed by atoms with E-state index in [0.717, 1.165) is 5.56 Å². The molecule has 9 nitrogen and oxygen atoms in total. The average molecular weight is 410 g/mol. The second-order valence-corrected chi connectivity index (χ2v) is 8.13. The number of benzene rings is 1. The van der Waals surface area contributed by atoms with Gasteiger partial charge >= 0.3 is 5.97 Å². The highest BCUT2D eigenvalue weighted by atomic mass is 16.7. The van der Waals surface area contributed by atoms with Gasteiger partial charge in [0, 0.05) is 0 Å². The fourth-order valence-electron chi connectivity index (χ4n) is 3.06. The van der Waals surface area contributed by atoms with Gasteiger partial charge in [0.15, 0.2) is 23.9 Å². The van der Waals surface area contributed by atoms with Gasteiger partial charge in [0.25, 0.3) is 0 Å². The Morgan fingerprint density at radius 1 is 1.14 bits per heavy atom. The number of fused-ring (bicyclic) bond motifs is 1. The first-order valence-corrected chi connectivity index (χ1v) is 9.23. The molecule has 4 N–H and O–H groups in total. The lowest BCUT2D eigenvalue weighted by Crippen LogP contribution is -2.61. The maximum atomic E-state index is 11.3. The van der Waals surface area contributed by atoms with E-state index < -0.39 is 48.2 Å². The van der Waals surface area contributed by atoms with Gasteiger partial charge in [-0.25, -0.2) is 4.79 Å². The first kappa shape index (κ1) is 21.5. The number of rotatable bonds is 5. The van der Waals surface area contributed by atoms with Crippen LogP contribution in [0, 0.1) is 5.41 Å². The minimum absolute atomic E-state index is 0.173. The average Bonchev–Trinajstić information content (AvgIpc) is 3.11. The molecule has 0 radical (unpaired) electrons. The summed E-state index contributed by atoms with van der Waals surface area (Å²) >= 11 is 0. The Labute approximate surface area is 168 Å². The monoisotopic (exact) mass is 410 g/mol. The lowest BCUT2D eigenvalue weighted by molar-refractivity contribution is -0.306. The highest BCUT2D eigenvalue weighted by Crippen LogP contribution is 2.34. The van der Waals surface area contributed by atoms with Gasteiger partial charge in [0.2, 0.25) is 6.79 Å². The fraction of sp³-hybridized carbons (Fsp3) is 0.550. The normalized spacial score (nSPS) is 30.5. The number of aliphatic hydroxyl groups excluding tert-OH is 3. The molecule has 0 bridgehead atoms. The summed E-state index contributed by atoms with van der Waals surface area (Å²) in [6.07, 6.45) is -5.29. The van der Waals surface area contributed by atoms with Gasteiger partial charge in [-0.05, 0) is 23.1 Å². The maximum Gasteiger partial charge on any atom is 0.335 e. The van der Waals surface area contributed by atoms with E-state index in [0.29, 0.717) is 11.5 Å². The summed E-state index contributed by atoms with van der Waals surface area (Å²) in [5.74, 6) is -0.162. The first-order valence-electron chi connectivity index (χ1n) is 9.23. The summed E-state index contributed by atoms with van der Waals surface area (Å²) in [5, 5.41) is 39.2. The summed E-state index contributed by atoms with van der Waals surface area (Å²) in [4.78, 5) is 11.3. The van der Waals surface area contributed by atoms with Gasteiger partial charge in [-0.3, -0.25) is 0 Å². The summed E-state index contributed by atoms with van der Waals surface area (Å²) in [5.41, 5.74) is 0.381. The topological polar surface area (TPSA) is 135 Å². The van der Waals surface area contributed by atoms with Crippen LogP contribution in [0.3, 0.4) is 0 Å². The molecule has 1 aromatic rings. The van der Waals surface area contributed by atoms with Crippen molar-refractivity contribution in [3.05, 3.63) is 29.8 Å². The van der Waals surface area contributed by atoms with Crippen LogP contribution in [0.1, 0.15) is 26.3 Å². The zero-order valence-electron chi connectivity index (χ0n) is 16.4. The molecule has 1 aromatic carbocycles. The van der Waals surface area contributed by atoms with Gasteiger partial charge < -0.3 is 39.4 Å². The minimum atomic E-state index is -1.76. The second kappa shape index (κ2) is 8.29. The number of hydrogen-bond acceptors (Lipinski definition) is 8. The van der Waals surface area contributed by atoms with E-state index in [-0.39, 0.29) is 6.79 Å². The van der Waals surface area contributed by atoms with Crippen molar-refractivity contribution in [1.82, 2.24) is 0 Å². The number of carboxylic acid groups (broad SMARTS) is 1. The van der Waals surface area contributed by atoms with Crippen molar-refractivity contribution in [2.24, 2.45) is 5.41 Å². The molecule has 160 valence electrons. The molecule has 9 heteroatoms. The quantitative estimate of drug-likeness (QED) is 0.554. The molecule has 29 heavy (non-hydrogen) atoms. The van der Waals surface area contributed by atoms with E-state index in [1.54, 1.807) is 18.2 Å². The summed E-state index contributed by atoms with van der Waals surface area (Å²) in [6, 6.07) is 5.44. The Balaban J connectivity index is 1.77. The Hall–Kier alpha value is -2.17. The van der Waals surface area contributed by atoms with Crippen LogP contribution in [-0.4, -0.2) is 70.0 Å². The predicted molar refractivity (Wildman–Crippen MR) is 100 cm³/mol. The lowest BCUT2D eigenvalue weighted by atomic mass is 9.88. The molecule has 2 aliphatic rings. The van der Waals surface area contributed by atoms with E-state index in [2.05, 4.69) is 0 Å². The Morgan fingerprint density at radius 3 is 2.48 bits per heavy atom. The van der Waals surface area contributed by atoms with Gasteiger partial charge in [0.1, 0.15) is 18.3 Å². The van der Waals surface area contributed by atoms with E-state index in [9.17, 15) is 25.2 Å². The third kappa shape index (κ3) is 4.71. The van der Waals surface area contributed by atoms with Crippen LogP contribution in [0.15, 0.2) is 24.3 Å². The molecule has 2 aliphatic heterocycles. The summed E-state index contributed by atoms with van der Waals surface area (Å²) < 4.78 is 21.7. The van der Waals surface area contributed by atoms with E-state index in [1.807, 2.05) is 32.9 Å². The van der Waals surface area contributed by atoms with Crippen molar-refractivity contribution in [1.29, 1.82) is 0 Å². The standard InChI is InChI=1S/C20H26O9/c1-20(2,3)13(7-5-10-4-6-11-12(8-10)27-9-26-11)28-19-16(23)14(21)15(22)17(29-19)18(24)25/h4-8,13-17,19,21-23H,9H2,1-3H3,(H,24,25)/b7-5+/t13-,14-,15-,16+,17-,19-/m0/s1. The Kier molecular flexibility index (Phi) is 6.16. The number of aliphatic hydroxyl groups is 3. The zero-order valence-corrected chi connectivity index (χ0v) is 16.4. The SMILES string of the molecule is CC(C)(C)[C@H](/C=C/c1ccc2c(c1)OCO2)O[C@H]1O[C@H](C(=O)O)[C@@H](O)[C@H](O)[C@H]1O. The van der Waals surface area contributed by atoms with Crippen LogP contribution in [-0.2, 0) is 14.3 Å². The maximum absolute atomic E-state index is 11.3. The molecule has 0 unspecified atom stereocenters. The molecule has 0 amide bonds. The third-order valence-corrected chi connectivity index (χ3v) is 4.81. The molecule has 1 fully saturated rings. The minimum Gasteiger partial charge on any atom is -0.479 e. The van der Waals surface area contributed by atoms with Crippen molar-refractivity contribution in [3.63, 3.8) is 0 Å². The summed E-state index contributed by atoms with van der Waals surface area (Å²) in [6.45, 7) is 5.87.